The largest absolute Gasteiger partial charge is 0.364 e. The molecule has 1 atom stereocenters. The number of anilines is 2. The number of hydrogen-bond acceptors (Lipinski definition) is 6. The van der Waals surface area contributed by atoms with Crippen molar-refractivity contribution in [1.29, 1.82) is 0 Å². The molecule has 0 saturated carbocycles. The van der Waals surface area contributed by atoms with E-state index in [1.54, 1.807) is 29.2 Å². The van der Waals surface area contributed by atoms with E-state index < -0.39 is 0 Å². The van der Waals surface area contributed by atoms with E-state index in [1.165, 1.54) is 17.0 Å². The Balaban J connectivity index is 1.25. The van der Waals surface area contributed by atoms with Gasteiger partial charge in [-0.1, -0.05) is 26.0 Å². The van der Waals surface area contributed by atoms with Gasteiger partial charge in [-0.3, -0.25) is 14.6 Å². The topological polar surface area (TPSA) is 91.6 Å². The lowest BCUT2D eigenvalue weighted by Gasteiger charge is -2.51. The molecule has 0 aromatic carbocycles. The Morgan fingerprint density at radius 2 is 2.12 bits per heavy atom. The second kappa shape index (κ2) is 8.11. The van der Waals surface area contributed by atoms with E-state index in [-0.39, 0.29) is 23.8 Å². The Hall–Kier alpha value is -2.98. The third kappa shape index (κ3) is 4.08. The molecule has 4 heterocycles. The Bertz CT molecular complexity index is 1340. The molecule has 10 heteroatoms. The number of nitrogens with zero attached hydrogens (tertiary/aromatic N) is 4. The molecule has 1 unspecified atom stereocenters. The van der Waals surface area contributed by atoms with Crippen LogP contribution < -0.4 is 10.6 Å². The Kier molecular flexibility index (Phi) is 5.37. The third-order valence-electron chi connectivity index (χ3n) is 6.18. The number of thiazole rings is 1. The molecule has 0 bridgehead atoms. The highest BCUT2D eigenvalue weighted by molar-refractivity contribution is 9.11. The maximum atomic E-state index is 12.9. The number of rotatable bonds is 5. The predicted octanol–water partition coefficient (Wildman–Crippen LogP) is 4.46. The van der Waals surface area contributed by atoms with Crippen molar-refractivity contribution in [2.75, 3.05) is 23.7 Å². The van der Waals surface area contributed by atoms with Crippen molar-refractivity contribution in [3.05, 3.63) is 63.6 Å². The van der Waals surface area contributed by atoms with Gasteiger partial charge in [0.1, 0.15) is 4.83 Å². The Labute approximate surface area is 203 Å². The van der Waals surface area contributed by atoms with E-state index in [1.807, 2.05) is 6.92 Å². The summed E-state index contributed by atoms with van der Waals surface area (Å²) in [5.41, 5.74) is 3.54. The van der Waals surface area contributed by atoms with E-state index in [9.17, 15) is 9.59 Å². The smallest absolute Gasteiger partial charge is 0.260 e. The number of halogens is 1. The number of carbonyl (C=O) groups excluding carboxylic acids is 2. The number of carbonyl (C=O) groups is 2. The zero-order valence-electron chi connectivity index (χ0n) is 18.4. The van der Waals surface area contributed by atoms with E-state index in [0.717, 1.165) is 15.2 Å². The normalized spacial score (nSPS) is 18.5. The zero-order chi connectivity index (χ0) is 23.3. The highest BCUT2D eigenvalue weighted by Crippen LogP contribution is 2.45. The summed E-state index contributed by atoms with van der Waals surface area (Å²) in [4.78, 5) is 32.7. The Morgan fingerprint density at radius 1 is 1.30 bits per heavy atom. The highest BCUT2D eigenvalue weighted by Gasteiger charge is 2.43. The molecule has 0 radical (unpaired) electrons. The molecule has 8 nitrogen and oxygen atoms in total. The van der Waals surface area contributed by atoms with Crippen LogP contribution in [0.5, 0.6) is 0 Å². The van der Waals surface area contributed by atoms with E-state index in [2.05, 4.69) is 73.6 Å². The van der Waals surface area contributed by atoms with E-state index in [0.29, 0.717) is 28.6 Å². The number of pyridine rings is 1. The first-order chi connectivity index (χ1) is 15.7. The average Bonchev–Trinajstić information content (AvgIpc) is 3.28. The van der Waals surface area contributed by atoms with Gasteiger partial charge in [-0.2, -0.15) is 5.10 Å². The van der Waals surface area contributed by atoms with E-state index >= 15 is 0 Å². The van der Waals surface area contributed by atoms with Crippen LogP contribution in [0, 0.1) is 18.3 Å². The summed E-state index contributed by atoms with van der Waals surface area (Å²) in [6.07, 6.45) is 11.3. The summed E-state index contributed by atoms with van der Waals surface area (Å²) < 4.78 is 2.55. The molecule has 5 rings (SSSR count). The quantitative estimate of drug-likeness (QED) is 0.511. The van der Waals surface area contributed by atoms with Gasteiger partial charge in [-0.25, -0.2) is 4.52 Å². The van der Waals surface area contributed by atoms with Crippen LogP contribution in [-0.2, 0) is 4.79 Å². The maximum absolute atomic E-state index is 12.9. The summed E-state index contributed by atoms with van der Waals surface area (Å²) in [5.74, 6) is 0.0584. The molecule has 33 heavy (non-hydrogen) atoms. The van der Waals surface area contributed by atoms with Crippen LogP contribution in [0.3, 0.4) is 0 Å². The van der Waals surface area contributed by atoms with Crippen molar-refractivity contribution < 1.29 is 9.59 Å². The van der Waals surface area contributed by atoms with Crippen LogP contribution in [0.25, 0.3) is 4.83 Å². The van der Waals surface area contributed by atoms with Crippen molar-refractivity contribution in [2.24, 2.45) is 11.3 Å². The molecule has 1 fully saturated rings. The molecule has 2 N–H and O–H groups in total. The molecule has 1 saturated heterocycles. The summed E-state index contributed by atoms with van der Waals surface area (Å²) in [7, 11) is 0. The van der Waals surface area contributed by atoms with Gasteiger partial charge in [-0.05, 0) is 40.4 Å². The molecule has 1 aliphatic carbocycles. The summed E-state index contributed by atoms with van der Waals surface area (Å²) in [6, 6.07) is 1.73. The van der Waals surface area contributed by atoms with Crippen LogP contribution >= 0.6 is 27.3 Å². The lowest BCUT2D eigenvalue weighted by molar-refractivity contribution is -0.118. The predicted molar refractivity (Wildman–Crippen MR) is 132 cm³/mol. The van der Waals surface area contributed by atoms with Crippen molar-refractivity contribution >= 4 is 55.3 Å². The minimum atomic E-state index is -0.278. The van der Waals surface area contributed by atoms with Gasteiger partial charge in [0.15, 0.2) is 0 Å². The molecular weight excluding hydrogens is 504 g/mol. The minimum absolute atomic E-state index is 0.117. The summed E-state index contributed by atoms with van der Waals surface area (Å²) >= 11 is 4.85. The molecule has 3 aromatic rings. The van der Waals surface area contributed by atoms with Gasteiger partial charge < -0.3 is 15.5 Å². The van der Waals surface area contributed by atoms with Gasteiger partial charge in [0.25, 0.3) is 5.91 Å². The standard InChI is InChI=1S/C23H23BrN6O2S/c1-13-17(28-21(32)15-9-26-30-11-19(24)33-22(15)30)7-14(8-25-13)27-20(31)12-29-10-16-18(29)5-4-6-23(16,2)3/h4-9,11,16H,10,12H2,1-3H3,(H,27,31)(H,28,32). The van der Waals surface area contributed by atoms with E-state index in [4.69, 9.17) is 0 Å². The van der Waals surface area contributed by atoms with Gasteiger partial charge in [0.05, 0.1) is 51.6 Å². The fourth-order valence-corrected chi connectivity index (χ4v) is 5.68. The number of amides is 2. The van der Waals surface area contributed by atoms with Gasteiger partial charge in [-0.15, -0.1) is 11.3 Å². The van der Waals surface area contributed by atoms with Crippen LogP contribution in [0.2, 0.25) is 0 Å². The summed E-state index contributed by atoms with van der Waals surface area (Å²) in [6.45, 7) is 7.39. The summed E-state index contributed by atoms with van der Waals surface area (Å²) in [5, 5.41) is 10.0. The highest BCUT2D eigenvalue weighted by atomic mass is 79.9. The van der Waals surface area contributed by atoms with Crippen LogP contribution in [0.15, 0.2) is 52.4 Å². The van der Waals surface area contributed by atoms with Crippen LogP contribution in [0.1, 0.15) is 29.9 Å². The molecular formula is C23H23BrN6O2S. The molecule has 3 aromatic heterocycles. The lowest BCUT2D eigenvalue weighted by Crippen LogP contribution is -2.53. The first-order valence-electron chi connectivity index (χ1n) is 10.6. The third-order valence-corrected chi connectivity index (χ3v) is 7.77. The van der Waals surface area contributed by atoms with Crippen molar-refractivity contribution in [3.63, 3.8) is 0 Å². The van der Waals surface area contributed by atoms with Gasteiger partial charge in [0, 0.05) is 18.2 Å². The number of fused-ring (bicyclic) bond motifs is 2. The van der Waals surface area contributed by atoms with Gasteiger partial charge >= 0.3 is 0 Å². The van der Waals surface area contributed by atoms with Crippen molar-refractivity contribution in [2.45, 2.75) is 20.8 Å². The first-order valence-corrected chi connectivity index (χ1v) is 12.2. The number of aryl methyl sites for hydroxylation is 1. The molecule has 2 amide bonds. The number of nitrogens with one attached hydrogen (secondary N) is 2. The van der Waals surface area contributed by atoms with Crippen molar-refractivity contribution in [3.8, 4) is 0 Å². The zero-order valence-corrected chi connectivity index (χ0v) is 20.8. The second-order valence-corrected chi connectivity index (χ2v) is 11.3. The van der Waals surface area contributed by atoms with Crippen LogP contribution in [-0.4, -0.2) is 44.4 Å². The SMILES string of the molecule is Cc1ncc(NC(=O)CN2CC3C2=CC=CC3(C)C)cc1NC(=O)c1cnn2cc(Br)sc12. The molecule has 170 valence electrons. The number of likely N-dealkylation sites (tertiary alicyclic amines) is 1. The monoisotopic (exact) mass is 526 g/mol. The maximum Gasteiger partial charge on any atom is 0.260 e. The van der Waals surface area contributed by atoms with Gasteiger partial charge in [0.2, 0.25) is 5.91 Å². The first kappa shape index (κ1) is 21.8. The number of allylic oxidation sites excluding steroid dienone is 3. The Morgan fingerprint density at radius 3 is 2.94 bits per heavy atom. The second-order valence-electron chi connectivity index (χ2n) is 8.91. The van der Waals surface area contributed by atoms with Crippen LogP contribution in [0.4, 0.5) is 11.4 Å². The fourth-order valence-electron chi connectivity index (χ4n) is 4.24. The average molecular weight is 527 g/mol. The molecule has 0 spiro atoms. The fraction of sp³-hybridized carbons (Fsp3) is 0.304. The minimum Gasteiger partial charge on any atom is -0.364 e. The lowest BCUT2D eigenvalue weighted by atomic mass is 9.69. The van der Waals surface area contributed by atoms with Crippen molar-refractivity contribution in [1.82, 2.24) is 19.5 Å². The molecule has 2 aliphatic rings. The number of aromatic nitrogens is 3. The number of hydrogen-bond donors (Lipinski definition) is 2. The molecule has 1 aliphatic heterocycles.